The summed E-state index contributed by atoms with van der Waals surface area (Å²) in [6.07, 6.45) is -2.16. The van der Waals surface area contributed by atoms with Gasteiger partial charge < -0.3 is 11.1 Å². The third-order valence-corrected chi connectivity index (χ3v) is 4.71. The van der Waals surface area contributed by atoms with Crippen LogP contribution in [0.5, 0.6) is 0 Å². The van der Waals surface area contributed by atoms with Crippen LogP contribution in [-0.4, -0.2) is 36.5 Å². The van der Waals surface area contributed by atoms with Crippen LogP contribution in [0.25, 0.3) is 0 Å². The third-order valence-electron chi connectivity index (χ3n) is 4.22. The van der Waals surface area contributed by atoms with Crippen molar-refractivity contribution >= 4 is 21.9 Å². The average Bonchev–Trinajstić information content (AvgIpc) is 2.98. The van der Waals surface area contributed by atoms with Gasteiger partial charge in [0, 0.05) is 17.1 Å². The zero-order valence-corrected chi connectivity index (χ0v) is 15.1. The fraction of sp³-hybridized carbons (Fsp3) is 0.562. The number of benzene rings is 1. The number of rotatable bonds is 5. The van der Waals surface area contributed by atoms with E-state index in [1.807, 2.05) is 0 Å². The Morgan fingerprint density at radius 1 is 1.46 bits per heavy atom. The van der Waals surface area contributed by atoms with Crippen LogP contribution in [0.4, 0.5) is 13.2 Å². The Balaban J connectivity index is 1.97. The SMILES string of the molecule is CCN1CCCC1CNC(N)=NCc1ccc(Br)cc1C(F)(F)F. The molecule has 0 aliphatic carbocycles. The molecule has 8 heteroatoms. The van der Waals surface area contributed by atoms with Crippen LogP contribution in [0, 0.1) is 0 Å². The van der Waals surface area contributed by atoms with E-state index >= 15 is 0 Å². The molecular weight excluding hydrogens is 385 g/mol. The molecule has 3 N–H and O–H groups in total. The van der Waals surface area contributed by atoms with Gasteiger partial charge in [-0.3, -0.25) is 4.90 Å². The molecule has 1 atom stereocenters. The number of halogens is 4. The molecule has 2 rings (SSSR count). The number of aliphatic imine (C=N–C) groups is 1. The van der Waals surface area contributed by atoms with E-state index < -0.39 is 11.7 Å². The Morgan fingerprint density at radius 3 is 2.88 bits per heavy atom. The highest BCUT2D eigenvalue weighted by Crippen LogP contribution is 2.34. The highest BCUT2D eigenvalue weighted by atomic mass is 79.9. The van der Waals surface area contributed by atoms with Gasteiger partial charge in [0.25, 0.3) is 0 Å². The summed E-state index contributed by atoms with van der Waals surface area (Å²) in [5.74, 6) is 0.175. The summed E-state index contributed by atoms with van der Waals surface area (Å²) in [6, 6.07) is 4.45. The Morgan fingerprint density at radius 2 is 2.21 bits per heavy atom. The minimum atomic E-state index is -4.41. The Hall–Kier alpha value is -1.28. The van der Waals surface area contributed by atoms with Crippen molar-refractivity contribution in [3.63, 3.8) is 0 Å². The van der Waals surface area contributed by atoms with Crippen molar-refractivity contribution in [2.24, 2.45) is 10.7 Å². The summed E-state index contributed by atoms with van der Waals surface area (Å²) in [5, 5.41) is 3.02. The standard InChI is InChI=1S/C16H22BrF3N4/c1-2-24-7-3-4-13(24)10-23-15(21)22-9-11-5-6-12(17)8-14(11)16(18,19)20/h5-6,8,13H,2-4,7,9-10H2,1H3,(H3,21,22,23). The van der Waals surface area contributed by atoms with E-state index in [1.165, 1.54) is 6.07 Å². The lowest BCUT2D eigenvalue weighted by molar-refractivity contribution is -0.138. The van der Waals surface area contributed by atoms with Crippen LogP contribution < -0.4 is 11.1 Å². The quantitative estimate of drug-likeness (QED) is 0.582. The molecule has 1 aliphatic rings. The molecule has 1 fully saturated rings. The molecule has 24 heavy (non-hydrogen) atoms. The van der Waals surface area contributed by atoms with E-state index in [4.69, 9.17) is 5.73 Å². The number of nitrogens with two attached hydrogens (primary N) is 1. The molecular formula is C16H22BrF3N4. The minimum Gasteiger partial charge on any atom is -0.370 e. The van der Waals surface area contributed by atoms with Gasteiger partial charge in [-0.15, -0.1) is 0 Å². The van der Waals surface area contributed by atoms with Gasteiger partial charge in [-0.25, -0.2) is 4.99 Å². The molecule has 0 spiro atoms. The molecule has 0 amide bonds. The topological polar surface area (TPSA) is 53.6 Å². The number of hydrogen-bond acceptors (Lipinski definition) is 2. The summed E-state index contributed by atoms with van der Waals surface area (Å²) in [4.78, 5) is 6.42. The largest absolute Gasteiger partial charge is 0.416 e. The molecule has 1 heterocycles. The molecule has 1 saturated heterocycles. The molecule has 1 aliphatic heterocycles. The molecule has 0 radical (unpaired) electrons. The van der Waals surface area contributed by atoms with Crippen LogP contribution in [0.15, 0.2) is 27.7 Å². The summed E-state index contributed by atoms with van der Waals surface area (Å²) >= 11 is 3.07. The molecule has 4 nitrogen and oxygen atoms in total. The van der Waals surface area contributed by atoms with Crippen molar-refractivity contribution in [2.45, 2.75) is 38.5 Å². The first kappa shape index (κ1) is 19.1. The minimum absolute atomic E-state index is 0.103. The van der Waals surface area contributed by atoms with Crippen molar-refractivity contribution in [1.29, 1.82) is 0 Å². The maximum Gasteiger partial charge on any atom is 0.416 e. The number of nitrogens with one attached hydrogen (secondary N) is 1. The highest BCUT2D eigenvalue weighted by molar-refractivity contribution is 9.10. The number of alkyl halides is 3. The molecule has 1 aromatic carbocycles. The van der Waals surface area contributed by atoms with Crippen molar-refractivity contribution in [1.82, 2.24) is 10.2 Å². The van der Waals surface area contributed by atoms with E-state index in [0.717, 1.165) is 32.0 Å². The highest BCUT2D eigenvalue weighted by Gasteiger charge is 2.33. The smallest absolute Gasteiger partial charge is 0.370 e. The summed E-state index contributed by atoms with van der Waals surface area (Å²) in [7, 11) is 0. The third kappa shape index (κ3) is 5.11. The van der Waals surface area contributed by atoms with Crippen molar-refractivity contribution in [3.05, 3.63) is 33.8 Å². The first-order valence-corrected chi connectivity index (χ1v) is 8.74. The fourth-order valence-corrected chi connectivity index (χ4v) is 3.30. The van der Waals surface area contributed by atoms with Gasteiger partial charge in [-0.05, 0) is 43.6 Å². The lowest BCUT2D eigenvalue weighted by Crippen LogP contribution is -2.42. The van der Waals surface area contributed by atoms with Crippen molar-refractivity contribution < 1.29 is 13.2 Å². The number of likely N-dealkylation sites (tertiary alicyclic amines) is 1. The van der Waals surface area contributed by atoms with Gasteiger partial charge in [-0.2, -0.15) is 13.2 Å². The van der Waals surface area contributed by atoms with E-state index in [0.29, 0.717) is 17.1 Å². The maximum atomic E-state index is 13.1. The molecule has 0 saturated carbocycles. The van der Waals surface area contributed by atoms with Crippen molar-refractivity contribution in [2.75, 3.05) is 19.6 Å². The Bertz CT molecular complexity index is 589. The van der Waals surface area contributed by atoms with Crippen LogP contribution in [0.2, 0.25) is 0 Å². The first-order valence-electron chi connectivity index (χ1n) is 7.94. The van der Waals surface area contributed by atoms with Gasteiger partial charge in [0.2, 0.25) is 0 Å². The summed E-state index contributed by atoms with van der Waals surface area (Å²) < 4.78 is 39.6. The molecule has 0 aromatic heterocycles. The lowest BCUT2D eigenvalue weighted by Gasteiger charge is -2.23. The molecule has 1 unspecified atom stereocenters. The first-order chi connectivity index (χ1) is 11.3. The van der Waals surface area contributed by atoms with Crippen LogP contribution >= 0.6 is 15.9 Å². The normalized spacial score (nSPS) is 19.7. The van der Waals surface area contributed by atoms with Gasteiger partial charge >= 0.3 is 6.18 Å². The molecule has 0 bridgehead atoms. The number of likely N-dealkylation sites (N-methyl/N-ethyl adjacent to an activating group) is 1. The summed E-state index contributed by atoms with van der Waals surface area (Å²) in [5.41, 5.74) is 5.22. The number of nitrogens with zero attached hydrogens (tertiary/aromatic N) is 2. The number of hydrogen-bond donors (Lipinski definition) is 2. The van der Waals surface area contributed by atoms with Crippen LogP contribution in [0.1, 0.15) is 30.9 Å². The van der Waals surface area contributed by atoms with Gasteiger partial charge in [0.05, 0.1) is 12.1 Å². The van der Waals surface area contributed by atoms with Gasteiger partial charge in [0.15, 0.2) is 5.96 Å². The maximum absolute atomic E-state index is 13.1. The van der Waals surface area contributed by atoms with E-state index in [9.17, 15) is 13.2 Å². The Kier molecular flexibility index (Phi) is 6.51. The van der Waals surface area contributed by atoms with Gasteiger partial charge in [0.1, 0.15) is 0 Å². The monoisotopic (exact) mass is 406 g/mol. The van der Waals surface area contributed by atoms with Gasteiger partial charge in [-0.1, -0.05) is 28.9 Å². The average molecular weight is 407 g/mol. The second-order valence-electron chi connectivity index (χ2n) is 5.81. The second kappa shape index (κ2) is 8.20. The number of guanidine groups is 1. The Labute approximate surface area is 148 Å². The van der Waals surface area contributed by atoms with E-state index in [2.05, 4.69) is 38.1 Å². The molecule has 1 aromatic rings. The van der Waals surface area contributed by atoms with E-state index in [1.54, 1.807) is 6.07 Å². The van der Waals surface area contributed by atoms with Crippen LogP contribution in [-0.2, 0) is 12.7 Å². The molecule has 134 valence electrons. The van der Waals surface area contributed by atoms with Crippen molar-refractivity contribution in [3.8, 4) is 0 Å². The zero-order chi connectivity index (χ0) is 17.7. The zero-order valence-electron chi connectivity index (χ0n) is 13.5. The van der Waals surface area contributed by atoms with E-state index in [-0.39, 0.29) is 18.1 Å². The van der Waals surface area contributed by atoms with Crippen LogP contribution in [0.3, 0.4) is 0 Å². The second-order valence-corrected chi connectivity index (χ2v) is 6.72. The predicted molar refractivity (Wildman–Crippen MR) is 92.7 cm³/mol. The summed E-state index contributed by atoms with van der Waals surface area (Å²) in [6.45, 7) is 4.73. The lowest BCUT2D eigenvalue weighted by atomic mass is 10.1. The fourth-order valence-electron chi connectivity index (χ4n) is 2.94. The predicted octanol–water partition coefficient (Wildman–Crippen LogP) is 3.36.